The molecule has 0 bridgehead atoms. The van der Waals surface area contributed by atoms with Crippen LogP contribution in [0.2, 0.25) is 0 Å². The van der Waals surface area contributed by atoms with Gasteiger partial charge in [0.1, 0.15) is 0 Å². The van der Waals surface area contributed by atoms with E-state index in [4.69, 9.17) is 0 Å². The Balaban J connectivity index is 2.30. The zero-order chi connectivity index (χ0) is 18.4. The Morgan fingerprint density at radius 1 is 1.16 bits per heavy atom. The highest BCUT2D eigenvalue weighted by Crippen LogP contribution is 2.31. The highest BCUT2D eigenvalue weighted by Gasteiger charge is 2.32. The molecule has 0 aromatic rings. The van der Waals surface area contributed by atoms with Crippen molar-refractivity contribution in [1.29, 1.82) is 0 Å². The molecule has 0 saturated carbocycles. The number of hydrogen-bond donors (Lipinski definition) is 0. The van der Waals surface area contributed by atoms with E-state index in [1.165, 1.54) is 17.7 Å². The molecule has 2 rings (SSSR count). The van der Waals surface area contributed by atoms with E-state index in [-0.39, 0.29) is 0 Å². The van der Waals surface area contributed by atoms with Gasteiger partial charge in [0.05, 0.1) is 5.57 Å². The van der Waals surface area contributed by atoms with Crippen LogP contribution in [0.4, 0.5) is 13.2 Å². The van der Waals surface area contributed by atoms with Gasteiger partial charge in [-0.25, -0.2) is 0 Å². The normalized spacial score (nSPS) is 21.8. The van der Waals surface area contributed by atoms with Crippen LogP contribution < -0.4 is 0 Å². The van der Waals surface area contributed by atoms with Crippen molar-refractivity contribution < 1.29 is 13.2 Å². The largest absolute Gasteiger partial charge is 0.416 e. The predicted molar refractivity (Wildman–Crippen MR) is 97.4 cm³/mol. The first-order chi connectivity index (χ1) is 11.8. The quantitative estimate of drug-likeness (QED) is 0.672. The molecule has 1 aliphatic heterocycles. The standard InChI is InChI=1S/C20H27F3N2/c1-4-5-19(20(21,22)23)14-18(17-8-6-16(2)7-9-17)15-25-12-10-24(3)11-13-25/h4-6,8,14H,1,7,9-13,15H2,2-3H3/b18-14+,19-5+. The maximum Gasteiger partial charge on any atom is 0.416 e. The molecule has 1 aliphatic carbocycles. The Labute approximate surface area is 148 Å². The molecule has 1 saturated heterocycles. The van der Waals surface area contributed by atoms with E-state index < -0.39 is 11.7 Å². The van der Waals surface area contributed by atoms with Crippen LogP contribution in [0.1, 0.15) is 19.8 Å². The molecule has 0 aromatic heterocycles. The van der Waals surface area contributed by atoms with Gasteiger partial charge in [-0.3, -0.25) is 4.90 Å². The minimum Gasteiger partial charge on any atom is -0.304 e. The Morgan fingerprint density at radius 2 is 1.84 bits per heavy atom. The Hall–Kier alpha value is -1.59. The summed E-state index contributed by atoms with van der Waals surface area (Å²) < 4.78 is 39.9. The Kier molecular flexibility index (Phi) is 6.85. The molecule has 5 heteroatoms. The summed E-state index contributed by atoms with van der Waals surface area (Å²) in [5, 5.41) is 0. The molecule has 1 fully saturated rings. The lowest BCUT2D eigenvalue weighted by atomic mass is 9.92. The molecule has 138 valence electrons. The minimum absolute atomic E-state index is 0.553. The van der Waals surface area contributed by atoms with Crippen LogP contribution >= 0.6 is 0 Å². The number of nitrogens with zero attached hydrogens (tertiary/aromatic N) is 2. The average Bonchev–Trinajstić information content (AvgIpc) is 2.55. The summed E-state index contributed by atoms with van der Waals surface area (Å²) in [6.07, 6.45) is 4.87. The minimum atomic E-state index is -4.37. The van der Waals surface area contributed by atoms with E-state index in [1.807, 2.05) is 12.2 Å². The van der Waals surface area contributed by atoms with Gasteiger partial charge in [-0.1, -0.05) is 36.5 Å². The molecule has 2 nitrogen and oxygen atoms in total. The number of rotatable bonds is 5. The van der Waals surface area contributed by atoms with Crippen LogP contribution in [0.5, 0.6) is 0 Å². The van der Waals surface area contributed by atoms with Gasteiger partial charge in [-0.15, -0.1) is 0 Å². The van der Waals surface area contributed by atoms with Gasteiger partial charge in [-0.2, -0.15) is 13.2 Å². The van der Waals surface area contributed by atoms with E-state index >= 15 is 0 Å². The van der Waals surface area contributed by atoms with Crippen LogP contribution in [0.3, 0.4) is 0 Å². The van der Waals surface area contributed by atoms with Crippen molar-refractivity contribution in [3.63, 3.8) is 0 Å². The molecule has 0 unspecified atom stereocenters. The molecule has 0 atom stereocenters. The van der Waals surface area contributed by atoms with Crippen LogP contribution in [0, 0.1) is 0 Å². The lowest BCUT2D eigenvalue weighted by Crippen LogP contribution is -2.45. The second kappa shape index (κ2) is 8.68. The van der Waals surface area contributed by atoms with Crippen molar-refractivity contribution in [3.05, 3.63) is 59.3 Å². The van der Waals surface area contributed by atoms with Gasteiger partial charge in [0, 0.05) is 32.7 Å². The molecule has 0 aromatic carbocycles. The zero-order valence-electron chi connectivity index (χ0n) is 15.1. The van der Waals surface area contributed by atoms with Crippen molar-refractivity contribution >= 4 is 0 Å². The first-order valence-corrected chi connectivity index (χ1v) is 8.67. The first-order valence-electron chi connectivity index (χ1n) is 8.67. The van der Waals surface area contributed by atoms with Crippen LogP contribution in [0.25, 0.3) is 0 Å². The number of piperazine rings is 1. The molecule has 1 heterocycles. The third-order valence-corrected chi connectivity index (χ3v) is 4.71. The van der Waals surface area contributed by atoms with Crippen LogP contribution in [-0.4, -0.2) is 55.7 Å². The van der Waals surface area contributed by atoms with Gasteiger partial charge in [0.25, 0.3) is 0 Å². The lowest BCUT2D eigenvalue weighted by Gasteiger charge is -2.33. The summed E-state index contributed by atoms with van der Waals surface area (Å²) in [4.78, 5) is 4.48. The molecular formula is C20H27F3N2. The van der Waals surface area contributed by atoms with Gasteiger partial charge in [-0.05, 0) is 44.0 Å². The fourth-order valence-electron chi connectivity index (χ4n) is 3.03. The highest BCUT2D eigenvalue weighted by molar-refractivity contribution is 5.44. The second-order valence-electron chi connectivity index (χ2n) is 6.81. The van der Waals surface area contributed by atoms with Crippen molar-refractivity contribution in [3.8, 4) is 0 Å². The lowest BCUT2D eigenvalue weighted by molar-refractivity contribution is -0.0882. The topological polar surface area (TPSA) is 6.48 Å². The number of likely N-dealkylation sites (N-methyl/N-ethyl adjacent to an activating group) is 1. The summed E-state index contributed by atoms with van der Waals surface area (Å²) in [6, 6.07) is 0. The van der Waals surface area contributed by atoms with Gasteiger partial charge in [0.2, 0.25) is 0 Å². The summed E-state index contributed by atoms with van der Waals surface area (Å²) >= 11 is 0. The molecule has 0 amide bonds. The number of alkyl halides is 3. The SMILES string of the molecule is C=C/C=C(\C=C(/CN1CCN(C)CC1)C1=CC=C(C)CC1)C(F)(F)F. The number of hydrogen-bond acceptors (Lipinski definition) is 2. The molecular weight excluding hydrogens is 325 g/mol. The summed E-state index contributed by atoms with van der Waals surface area (Å²) in [5.41, 5.74) is 2.39. The molecule has 25 heavy (non-hydrogen) atoms. The van der Waals surface area contributed by atoms with Gasteiger partial charge >= 0.3 is 6.18 Å². The van der Waals surface area contributed by atoms with Crippen LogP contribution in [-0.2, 0) is 0 Å². The van der Waals surface area contributed by atoms with E-state index in [1.54, 1.807) is 0 Å². The fraction of sp³-hybridized carbons (Fsp3) is 0.500. The van der Waals surface area contributed by atoms with E-state index in [9.17, 15) is 13.2 Å². The van der Waals surface area contributed by atoms with Gasteiger partial charge in [0.15, 0.2) is 0 Å². The first kappa shape index (κ1) is 19.7. The van der Waals surface area contributed by atoms with Crippen molar-refractivity contribution in [1.82, 2.24) is 9.80 Å². The Morgan fingerprint density at radius 3 is 2.36 bits per heavy atom. The highest BCUT2D eigenvalue weighted by atomic mass is 19.4. The fourth-order valence-corrected chi connectivity index (χ4v) is 3.03. The van der Waals surface area contributed by atoms with Crippen molar-refractivity contribution in [2.75, 3.05) is 39.8 Å². The molecule has 0 radical (unpaired) electrons. The van der Waals surface area contributed by atoms with Crippen molar-refractivity contribution in [2.45, 2.75) is 25.9 Å². The Bertz CT molecular complexity index is 601. The van der Waals surface area contributed by atoms with E-state index in [2.05, 4.69) is 30.4 Å². The van der Waals surface area contributed by atoms with Gasteiger partial charge < -0.3 is 4.90 Å². The molecule has 0 N–H and O–H groups in total. The maximum absolute atomic E-state index is 13.3. The predicted octanol–water partition coefficient (Wildman–Crippen LogP) is 4.50. The number of allylic oxidation sites excluding steroid dienone is 7. The van der Waals surface area contributed by atoms with E-state index in [0.717, 1.165) is 56.2 Å². The third kappa shape index (κ3) is 6.01. The third-order valence-electron chi connectivity index (χ3n) is 4.71. The zero-order valence-corrected chi connectivity index (χ0v) is 15.1. The smallest absolute Gasteiger partial charge is 0.304 e. The second-order valence-corrected chi connectivity index (χ2v) is 6.81. The average molecular weight is 352 g/mol. The van der Waals surface area contributed by atoms with Crippen LogP contribution in [0.15, 0.2) is 59.3 Å². The summed E-state index contributed by atoms with van der Waals surface area (Å²) in [7, 11) is 2.07. The van der Waals surface area contributed by atoms with E-state index in [0.29, 0.717) is 6.54 Å². The number of halogens is 3. The molecule has 0 spiro atoms. The maximum atomic E-state index is 13.3. The van der Waals surface area contributed by atoms with Crippen molar-refractivity contribution in [2.24, 2.45) is 0 Å². The summed E-state index contributed by atoms with van der Waals surface area (Å²) in [5.74, 6) is 0. The monoisotopic (exact) mass is 352 g/mol. The molecule has 2 aliphatic rings. The summed E-state index contributed by atoms with van der Waals surface area (Å²) in [6.45, 7) is 9.67.